The first-order valence-electron chi connectivity index (χ1n) is 6.76. The summed E-state index contributed by atoms with van der Waals surface area (Å²) in [6.07, 6.45) is 5.15. The van der Waals surface area contributed by atoms with Crippen molar-refractivity contribution >= 4 is 41.1 Å². The van der Waals surface area contributed by atoms with Gasteiger partial charge in [-0.1, -0.05) is 23.3 Å². The summed E-state index contributed by atoms with van der Waals surface area (Å²) in [5.41, 5.74) is 0.849. The molecule has 0 atom stereocenters. The molecule has 23 heavy (non-hydrogen) atoms. The maximum atomic E-state index is 11.9. The van der Waals surface area contributed by atoms with Crippen LogP contribution in [0.3, 0.4) is 0 Å². The first-order chi connectivity index (χ1) is 11.3. The fraction of sp³-hybridized carbons (Fsp3) is 0.0625. The number of nitrogens with one attached hydrogen (secondary N) is 1. The van der Waals surface area contributed by atoms with Crippen LogP contribution in [0.4, 0.5) is 6.01 Å². The van der Waals surface area contributed by atoms with Gasteiger partial charge in [-0.25, -0.2) is 0 Å². The van der Waals surface area contributed by atoms with Crippen LogP contribution in [0.5, 0.6) is 0 Å². The predicted molar refractivity (Wildman–Crippen MR) is 93.5 cm³/mol. The van der Waals surface area contributed by atoms with Crippen LogP contribution >= 0.6 is 23.1 Å². The zero-order valence-electron chi connectivity index (χ0n) is 12.2. The van der Waals surface area contributed by atoms with E-state index >= 15 is 0 Å². The topological polar surface area (TPSA) is 68.0 Å². The Morgan fingerprint density at radius 1 is 1.26 bits per heavy atom. The van der Waals surface area contributed by atoms with Crippen LogP contribution in [0.1, 0.15) is 4.88 Å². The minimum absolute atomic E-state index is 0.0803. The van der Waals surface area contributed by atoms with Gasteiger partial charge in [-0.15, -0.1) is 28.2 Å². The van der Waals surface area contributed by atoms with Crippen molar-refractivity contribution in [3.05, 3.63) is 52.7 Å². The summed E-state index contributed by atoms with van der Waals surface area (Å²) in [5, 5.41) is 12.4. The smallest absolute Gasteiger partial charge is 0.322 e. The Morgan fingerprint density at radius 3 is 2.91 bits per heavy atom. The van der Waals surface area contributed by atoms with Gasteiger partial charge in [0.1, 0.15) is 0 Å². The second-order valence-corrected chi connectivity index (χ2v) is 6.28. The Balaban J connectivity index is 1.71. The van der Waals surface area contributed by atoms with E-state index < -0.39 is 0 Å². The Hall–Kier alpha value is -2.38. The van der Waals surface area contributed by atoms with Crippen molar-refractivity contribution in [2.75, 3.05) is 11.6 Å². The highest BCUT2D eigenvalue weighted by Gasteiger charge is 2.12. The second kappa shape index (κ2) is 7.26. The molecule has 1 N–H and O–H groups in total. The maximum Gasteiger partial charge on any atom is 0.322 e. The fourth-order valence-corrected chi connectivity index (χ4v) is 3.10. The van der Waals surface area contributed by atoms with Crippen molar-refractivity contribution in [2.45, 2.75) is 4.90 Å². The van der Waals surface area contributed by atoms with Crippen molar-refractivity contribution < 1.29 is 9.21 Å². The van der Waals surface area contributed by atoms with Gasteiger partial charge >= 0.3 is 6.01 Å². The molecule has 3 rings (SSSR count). The molecular formula is C16H13N3O2S2. The van der Waals surface area contributed by atoms with Crippen LogP contribution in [0.15, 0.2) is 57.2 Å². The number of carbonyl (C=O) groups excluding carboxylic acids is 1. The summed E-state index contributed by atoms with van der Waals surface area (Å²) in [4.78, 5) is 13.9. The average molecular weight is 343 g/mol. The standard InChI is InChI=1S/C16H13N3O2S2/c1-22-13-7-3-2-6-12(13)15-18-19-16(21-15)17-14(20)9-8-11-5-4-10-23-11/h2-10H,1H3,(H,17,19,20)/b9-8+. The SMILES string of the molecule is CSc1ccccc1-c1nnc(NC(=O)/C=C/c2cccs2)o1. The lowest BCUT2D eigenvalue weighted by Gasteiger charge is -2.01. The lowest BCUT2D eigenvalue weighted by Crippen LogP contribution is -2.07. The van der Waals surface area contributed by atoms with Crippen molar-refractivity contribution in [1.29, 1.82) is 0 Å². The number of benzene rings is 1. The third-order valence-electron chi connectivity index (χ3n) is 2.93. The molecule has 0 aliphatic carbocycles. The van der Waals surface area contributed by atoms with Crippen molar-refractivity contribution in [2.24, 2.45) is 0 Å². The number of aromatic nitrogens is 2. The van der Waals surface area contributed by atoms with Gasteiger partial charge < -0.3 is 4.42 Å². The van der Waals surface area contributed by atoms with Gasteiger partial charge in [0.15, 0.2) is 0 Å². The lowest BCUT2D eigenvalue weighted by atomic mass is 10.2. The zero-order chi connectivity index (χ0) is 16.1. The van der Waals surface area contributed by atoms with Gasteiger partial charge in [0.2, 0.25) is 0 Å². The number of hydrogen-bond acceptors (Lipinski definition) is 6. The first-order valence-corrected chi connectivity index (χ1v) is 8.86. The van der Waals surface area contributed by atoms with Gasteiger partial charge in [-0.2, -0.15) is 0 Å². The van der Waals surface area contributed by atoms with Crippen LogP contribution < -0.4 is 5.32 Å². The molecule has 0 radical (unpaired) electrons. The van der Waals surface area contributed by atoms with Gasteiger partial charge in [0.25, 0.3) is 11.8 Å². The summed E-state index contributed by atoms with van der Waals surface area (Å²) in [6.45, 7) is 0. The van der Waals surface area contributed by atoms with Crippen LogP contribution in [0, 0.1) is 0 Å². The van der Waals surface area contributed by atoms with Crippen molar-refractivity contribution in [3.63, 3.8) is 0 Å². The lowest BCUT2D eigenvalue weighted by molar-refractivity contribution is -0.112. The third-order valence-corrected chi connectivity index (χ3v) is 4.57. The highest BCUT2D eigenvalue weighted by Crippen LogP contribution is 2.29. The third kappa shape index (κ3) is 3.88. The van der Waals surface area contributed by atoms with Crippen LogP contribution in [0.2, 0.25) is 0 Å². The number of amides is 1. The Labute approximate surface area is 141 Å². The molecule has 0 aliphatic rings. The predicted octanol–water partition coefficient (Wildman–Crippen LogP) is 4.17. The van der Waals surface area contributed by atoms with E-state index in [9.17, 15) is 4.79 Å². The highest BCUT2D eigenvalue weighted by atomic mass is 32.2. The molecule has 0 unspecified atom stereocenters. The molecule has 0 bridgehead atoms. The molecule has 0 spiro atoms. The summed E-state index contributed by atoms with van der Waals surface area (Å²) >= 11 is 3.15. The Morgan fingerprint density at radius 2 is 2.13 bits per heavy atom. The van der Waals surface area contributed by atoms with Gasteiger partial charge in [0.05, 0.1) is 5.56 Å². The largest absolute Gasteiger partial charge is 0.403 e. The fourth-order valence-electron chi connectivity index (χ4n) is 1.89. The normalized spacial score (nSPS) is 11.0. The number of nitrogens with zero attached hydrogens (tertiary/aromatic N) is 2. The van der Waals surface area contributed by atoms with E-state index in [0.29, 0.717) is 5.89 Å². The summed E-state index contributed by atoms with van der Waals surface area (Å²) in [5.74, 6) is 0.0687. The summed E-state index contributed by atoms with van der Waals surface area (Å²) in [7, 11) is 0. The van der Waals surface area contributed by atoms with E-state index in [0.717, 1.165) is 15.3 Å². The number of carbonyl (C=O) groups is 1. The summed E-state index contributed by atoms with van der Waals surface area (Å²) in [6, 6.07) is 11.7. The second-order valence-electron chi connectivity index (χ2n) is 4.45. The zero-order valence-corrected chi connectivity index (χ0v) is 13.9. The van der Waals surface area contributed by atoms with Crippen LogP contribution in [0.25, 0.3) is 17.5 Å². The molecule has 0 saturated carbocycles. The molecule has 0 aliphatic heterocycles. The maximum absolute atomic E-state index is 11.9. The monoisotopic (exact) mass is 343 g/mol. The molecule has 1 aromatic carbocycles. The van der Waals surface area contributed by atoms with Crippen LogP contribution in [-0.4, -0.2) is 22.4 Å². The van der Waals surface area contributed by atoms with E-state index in [1.54, 1.807) is 29.2 Å². The molecule has 5 nitrogen and oxygen atoms in total. The Bertz CT molecular complexity index is 825. The molecule has 2 aromatic heterocycles. The van der Waals surface area contributed by atoms with Gasteiger partial charge in [-0.3, -0.25) is 10.1 Å². The summed E-state index contributed by atoms with van der Waals surface area (Å²) < 4.78 is 5.52. The van der Waals surface area contributed by atoms with E-state index in [1.165, 1.54) is 6.08 Å². The Kier molecular flexibility index (Phi) is 4.89. The molecular weight excluding hydrogens is 330 g/mol. The number of rotatable bonds is 5. The van der Waals surface area contributed by atoms with E-state index in [1.807, 2.05) is 48.0 Å². The molecule has 0 fully saturated rings. The molecule has 3 aromatic rings. The minimum atomic E-state index is -0.313. The molecule has 0 saturated heterocycles. The van der Waals surface area contributed by atoms with Crippen molar-refractivity contribution in [1.82, 2.24) is 10.2 Å². The number of thioether (sulfide) groups is 1. The van der Waals surface area contributed by atoms with E-state index in [4.69, 9.17) is 4.42 Å². The first kappa shape index (κ1) is 15.5. The minimum Gasteiger partial charge on any atom is -0.403 e. The number of anilines is 1. The number of thiophene rings is 1. The average Bonchev–Trinajstić information content (AvgIpc) is 3.24. The van der Waals surface area contributed by atoms with Gasteiger partial charge in [0, 0.05) is 15.8 Å². The molecule has 116 valence electrons. The molecule has 7 heteroatoms. The quantitative estimate of drug-likeness (QED) is 0.556. The molecule has 1 amide bonds. The molecule has 2 heterocycles. The van der Waals surface area contributed by atoms with Crippen LogP contribution in [-0.2, 0) is 4.79 Å². The van der Waals surface area contributed by atoms with E-state index in [2.05, 4.69) is 15.5 Å². The number of hydrogen-bond donors (Lipinski definition) is 1. The highest BCUT2D eigenvalue weighted by molar-refractivity contribution is 7.98. The van der Waals surface area contributed by atoms with E-state index in [-0.39, 0.29) is 11.9 Å². The van der Waals surface area contributed by atoms with Crippen molar-refractivity contribution in [3.8, 4) is 11.5 Å². The van der Waals surface area contributed by atoms with Gasteiger partial charge in [-0.05, 0) is 35.9 Å².